The Morgan fingerprint density at radius 2 is 1.91 bits per heavy atom. The fourth-order valence-electron chi connectivity index (χ4n) is 3.58. The highest BCUT2D eigenvalue weighted by Gasteiger charge is 2.11. The van der Waals surface area contributed by atoms with Gasteiger partial charge in [-0.25, -0.2) is 9.97 Å². The normalized spacial score (nSPS) is 15.1. The summed E-state index contributed by atoms with van der Waals surface area (Å²) in [4.78, 5) is 15.7. The van der Waals surface area contributed by atoms with Crippen LogP contribution >= 0.6 is 0 Å². The maximum Gasteiger partial charge on any atom is 0.227 e. The molecule has 33 heavy (non-hydrogen) atoms. The minimum Gasteiger partial charge on any atom is -0.373 e. The van der Waals surface area contributed by atoms with E-state index < -0.39 is 0 Å². The van der Waals surface area contributed by atoms with Crippen molar-refractivity contribution in [2.24, 2.45) is 0 Å². The van der Waals surface area contributed by atoms with E-state index in [-0.39, 0.29) is 0 Å². The van der Waals surface area contributed by atoms with Crippen molar-refractivity contribution in [3.8, 4) is 11.3 Å². The van der Waals surface area contributed by atoms with Crippen LogP contribution in [0.15, 0.2) is 61.1 Å². The van der Waals surface area contributed by atoms with Gasteiger partial charge in [-0.2, -0.15) is 0 Å². The first-order valence-corrected chi connectivity index (χ1v) is 11.1. The van der Waals surface area contributed by atoms with Crippen molar-refractivity contribution in [3.05, 3.63) is 72.2 Å². The third kappa shape index (κ3) is 6.35. The van der Waals surface area contributed by atoms with Crippen LogP contribution in [0.3, 0.4) is 0 Å². The molecule has 172 valence electrons. The summed E-state index contributed by atoms with van der Waals surface area (Å²) in [5, 5.41) is 6.54. The molecule has 1 aromatic carbocycles. The van der Waals surface area contributed by atoms with E-state index in [9.17, 15) is 0 Å². The maximum absolute atomic E-state index is 5.94. The molecule has 1 aliphatic heterocycles. The van der Waals surface area contributed by atoms with Crippen molar-refractivity contribution in [3.63, 3.8) is 0 Å². The Morgan fingerprint density at radius 1 is 1.06 bits per heavy atom. The summed E-state index contributed by atoms with van der Waals surface area (Å²) in [5.41, 5.74) is 5.86. The number of aromatic nitrogens is 3. The van der Waals surface area contributed by atoms with E-state index in [1.165, 1.54) is 0 Å². The largest absolute Gasteiger partial charge is 0.373 e. The molecule has 2 aromatic heterocycles. The molecule has 3 aromatic rings. The molecule has 8 heteroatoms. The molecular formula is C25H30N6O2. The number of hydrogen-bond acceptors (Lipinski definition) is 8. The van der Waals surface area contributed by atoms with Gasteiger partial charge in [-0.3, -0.25) is 4.98 Å². The van der Waals surface area contributed by atoms with E-state index in [0.29, 0.717) is 32.4 Å². The van der Waals surface area contributed by atoms with E-state index in [1.807, 2.05) is 43.6 Å². The summed E-state index contributed by atoms with van der Waals surface area (Å²) in [6, 6.07) is 10.2. The van der Waals surface area contributed by atoms with Gasteiger partial charge < -0.3 is 25.0 Å². The zero-order valence-electron chi connectivity index (χ0n) is 19.1. The smallest absolute Gasteiger partial charge is 0.227 e. The van der Waals surface area contributed by atoms with Gasteiger partial charge >= 0.3 is 0 Å². The van der Waals surface area contributed by atoms with Gasteiger partial charge in [0.1, 0.15) is 0 Å². The van der Waals surface area contributed by atoms with Gasteiger partial charge in [-0.05, 0) is 42.9 Å². The minimum absolute atomic E-state index is 0.481. The van der Waals surface area contributed by atoms with Crippen molar-refractivity contribution in [2.45, 2.75) is 13.2 Å². The number of nitrogens with zero attached hydrogens (tertiary/aromatic N) is 4. The molecule has 1 aliphatic rings. The summed E-state index contributed by atoms with van der Waals surface area (Å²) in [7, 11) is 4.05. The number of likely N-dealkylation sites (N-methyl/N-ethyl adjacent to an activating group) is 2. The molecule has 0 aliphatic carbocycles. The fraction of sp³-hybridized carbons (Fsp3) is 0.320. The molecule has 8 nitrogen and oxygen atoms in total. The predicted octanol–water partition coefficient (Wildman–Crippen LogP) is 3.54. The first-order valence-electron chi connectivity index (χ1n) is 11.1. The van der Waals surface area contributed by atoms with Crippen LogP contribution in [0.1, 0.15) is 11.1 Å². The lowest BCUT2D eigenvalue weighted by Crippen LogP contribution is -2.27. The number of pyridine rings is 1. The van der Waals surface area contributed by atoms with Crippen molar-refractivity contribution in [1.29, 1.82) is 0 Å². The van der Waals surface area contributed by atoms with Crippen molar-refractivity contribution in [1.82, 2.24) is 20.3 Å². The van der Waals surface area contributed by atoms with Crippen LogP contribution in [0.25, 0.3) is 11.3 Å². The Hall–Kier alpha value is -3.33. The van der Waals surface area contributed by atoms with Crippen LogP contribution in [-0.2, 0) is 22.7 Å². The maximum atomic E-state index is 5.94. The van der Waals surface area contributed by atoms with E-state index in [0.717, 1.165) is 46.8 Å². The highest BCUT2D eigenvalue weighted by molar-refractivity contribution is 5.65. The first kappa shape index (κ1) is 22.8. The first-order chi connectivity index (χ1) is 16.2. The second kappa shape index (κ2) is 11.5. The number of ether oxygens (including phenoxy) is 2. The molecule has 0 unspecified atom stereocenters. The summed E-state index contributed by atoms with van der Waals surface area (Å²) in [5.74, 6) is 0.529. The highest BCUT2D eigenvalue weighted by atomic mass is 16.5. The van der Waals surface area contributed by atoms with Gasteiger partial charge in [0.25, 0.3) is 0 Å². The third-order valence-corrected chi connectivity index (χ3v) is 5.31. The number of fused-ring (bicyclic) bond motifs is 7. The molecule has 0 atom stereocenters. The van der Waals surface area contributed by atoms with Gasteiger partial charge in [0.2, 0.25) is 5.95 Å². The Kier molecular flexibility index (Phi) is 7.97. The molecule has 0 amide bonds. The zero-order chi connectivity index (χ0) is 22.9. The zero-order valence-corrected chi connectivity index (χ0v) is 19.1. The summed E-state index contributed by atoms with van der Waals surface area (Å²) < 4.78 is 11.7. The number of hydrogen-bond donors (Lipinski definition) is 2. The van der Waals surface area contributed by atoms with Crippen LogP contribution in [0.5, 0.6) is 0 Å². The van der Waals surface area contributed by atoms with Crippen molar-refractivity contribution >= 4 is 17.3 Å². The molecule has 6 bridgehead atoms. The van der Waals surface area contributed by atoms with Gasteiger partial charge in [0.05, 0.1) is 32.1 Å². The monoisotopic (exact) mass is 446 g/mol. The molecule has 0 saturated heterocycles. The van der Waals surface area contributed by atoms with Crippen LogP contribution in [0.2, 0.25) is 0 Å². The van der Waals surface area contributed by atoms with E-state index >= 15 is 0 Å². The Labute approximate surface area is 194 Å². The van der Waals surface area contributed by atoms with Crippen LogP contribution in [0.4, 0.5) is 17.3 Å². The second-order valence-corrected chi connectivity index (χ2v) is 7.84. The highest BCUT2D eigenvalue weighted by Crippen LogP contribution is 2.26. The Morgan fingerprint density at radius 3 is 2.76 bits per heavy atom. The van der Waals surface area contributed by atoms with Gasteiger partial charge in [-0.15, -0.1) is 0 Å². The molecule has 0 spiro atoms. The molecule has 2 N–H and O–H groups in total. The lowest BCUT2D eigenvalue weighted by atomic mass is 10.1. The SMILES string of the molecule is CNCCN(C)c1ccc2cc1COC/C=C/COCc1cncc(c1)-c1ccnc(n1)N2. The Balaban J connectivity index is 1.65. The quantitative estimate of drug-likeness (QED) is 0.589. The molecule has 0 saturated carbocycles. The Bertz CT molecular complexity index is 1090. The lowest BCUT2D eigenvalue weighted by Gasteiger charge is -2.23. The van der Waals surface area contributed by atoms with Crippen LogP contribution in [-0.4, -0.2) is 55.4 Å². The average Bonchev–Trinajstić information content (AvgIpc) is 2.84. The van der Waals surface area contributed by atoms with Crippen LogP contribution < -0.4 is 15.5 Å². The average molecular weight is 447 g/mol. The number of benzene rings is 1. The van der Waals surface area contributed by atoms with Crippen LogP contribution in [0, 0.1) is 0 Å². The van der Waals surface area contributed by atoms with Gasteiger partial charge in [0.15, 0.2) is 0 Å². The molecule has 4 rings (SSSR count). The van der Waals surface area contributed by atoms with E-state index in [1.54, 1.807) is 12.4 Å². The van der Waals surface area contributed by atoms with E-state index in [2.05, 4.69) is 44.7 Å². The summed E-state index contributed by atoms with van der Waals surface area (Å²) in [6.45, 7) is 3.81. The van der Waals surface area contributed by atoms with Crippen molar-refractivity contribution < 1.29 is 9.47 Å². The fourth-order valence-corrected chi connectivity index (χ4v) is 3.58. The van der Waals surface area contributed by atoms with E-state index in [4.69, 9.17) is 14.5 Å². The molecule has 0 radical (unpaired) electrons. The molecule has 0 fully saturated rings. The second-order valence-electron chi connectivity index (χ2n) is 7.84. The molecular weight excluding hydrogens is 416 g/mol. The summed E-state index contributed by atoms with van der Waals surface area (Å²) in [6.07, 6.45) is 9.34. The lowest BCUT2D eigenvalue weighted by molar-refractivity contribution is 0.140. The third-order valence-electron chi connectivity index (χ3n) is 5.31. The minimum atomic E-state index is 0.481. The topological polar surface area (TPSA) is 84.4 Å². The van der Waals surface area contributed by atoms with Crippen molar-refractivity contribution in [2.75, 3.05) is 50.6 Å². The molecule has 3 heterocycles. The number of anilines is 3. The van der Waals surface area contributed by atoms with Gasteiger partial charge in [-0.1, -0.05) is 12.2 Å². The predicted molar refractivity (Wildman–Crippen MR) is 131 cm³/mol. The van der Waals surface area contributed by atoms with Gasteiger partial charge in [0, 0.05) is 61.2 Å². The summed E-state index contributed by atoms with van der Waals surface area (Å²) >= 11 is 0. The number of nitrogens with one attached hydrogen (secondary N) is 2. The standard InChI is InChI=1S/C25H30N6O2/c1-26-9-10-31(2)24-6-5-22-14-21(24)18-33-12-4-3-11-32-17-19-13-20(16-27-15-19)23-7-8-28-25(29-22)30-23/h3-8,13-16,26H,9-12,17-18H2,1-2H3,(H,28,29,30)/b4-3+. The number of rotatable bonds is 4.